The Balaban J connectivity index is 1.55. The molecule has 2 heterocycles. The van der Waals surface area contributed by atoms with Crippen LogP contribution in [0.25, 0.3) is 5.69 Å². The van der Waals surface area contributed by atoms with Crippen molar-refractivity contribution in [1.82, 2.24) is 14.7 Å². The lowest BCUT2D eigenvalue weighted by Crippen LogP contribution is -2.29. The Bertz CT molecular complexity index is 1010. The van der Waals surface area contributed by atoms with E-state index in [0.29, 0.717) is 18.7 Å². The average molecular weight is 387 g/mol. The zero-order valence-electron chi connectivity index (χ0n) is 14.6. The first-order chi connectivity index (χ1) is 13.4. The monoisotopic (exact) mass is 387 g/mol. The lowest BCUT2D eigenvalue weighted by atomic mass is 9.97. The molecule has 1 fully saturated rings. The van der Waals surface area contributed by atoms with Gasteiger partial charge in [-0.2, -0.15) is 5.10 Å². The van der Waals surface area contributed by atoms with Crippen molar-refractivity contribution < 1.29 is 23.1 Å². The van der Waals surface area contributed by atoms with Crippen LogP contribution >= 0.6 is 0 Å². The van der Waals surface area contributed by atoms with Gasteiger partial charge < -0.3 is 10.0 Å². The maximum absolute atomic E-state index is 14.0. The number of rotatable bonds is 3. The van der Waals surface area contributed by atoms with Gasteiger partial charge in [0.15, 0.2) is 11.4 Å². The van der Waals surface area contributed by atoms with Crippen molar-refractivity contribution >= 4 is 5.91 Å². The van der Waals surface area contributed by atoms with E-state index in [0.717, 1.165) is 0 Å². The van der Waals surface area contributed by atoms with Crippen LogP contribution in [0, 0.1) is 17.5 Å². The first-order valence-electron chi connectivity index (χ1n) is 8.72. The summed E-state index contributed by atoms with van der Waals surface area (Å²) >= 11 is 0. The van der Waals surface area contributed by atoms with Crippen LogP contribution in [0.2, 0.25) is 0 Å². The Hall–Kier alpha value is -3.29. The van der Waals surface area contributed by atoms with E-state index in [1.165, 1.54) is 58.2 Å². The van der Waals surface area contributed by atoms with Crippen LogP contribution in [0.5, 0.6) is 5.75 Å². The number of aromatic hydroxyl groups is 1. The number of carbonyl (C=O) groups excluding carboxylic acids is 1. The highest BCUT2D eigenvalue weighted by molar-refractivity contribution is 5.95. The summed E-state index contributed by atoms with van der Waals surface area (Å²) in [5.74, 6) is -3.01. The largest absolute Gasteiger partial charge is 0.504 e. The molecule has 1 aliphatic rings. The molecule has 1 aromatic heterocycles. The first kappa shape index (κ1) is 18.1. The summed E-state index contributed by atoms with van der Waals surface area (Å²) in [6.07, 6.45) is 1.66. The van der Waals surface area contributed by atoms with Crippen LogP contribution in [0.3, 0.4) is 0 Å². The molecule has 28 heavy (non-hydrogen) atoms. The van der Waals surface area contributed by atoms with Gasteiger partial charge in [-0.15, -0.1) is 0 Å². The molecule has 4 rings (SSSR count). The standard InChI is InChI=1S/C20H16F3N3O2/c21-13-4-6-14(7-5-13)26-11-17(27)19(24-26)20(28)25-9-8-12(10-25)18-15(22)2-1-3-16(18)23/h1-7,11-12,27H,8-10H2/t12-/m0/s1. The van der Waals surface area contributed by atoms with Gasteiger partial charge in [0.25, 0.3) is 5.91 Å². The third-order valence-corrected chi connectivity index (χ3v) is 4.87. The Morgan fingerprint density at radius 3 is 2.43 bits per heavy atom. The van der Waals surface area contributed by atoms with Gasteiger partial charge in [-0.05, 0) is 42.8 Å². The third kappa shape index (κ3) is 3.21. The van der Waals surface area contributed by atoms with Crippen LogP contribution in [0.4, 0.5) is 13.2 Å². The van der Waals surface area contributed by atoms with Crippen LogP contribution in [0.15, 0.2) is 48.7 Å². The Kier molecular flexibility index (Phi) is 4.54. The van der Waals surface area contributed by atoms with Crippen molar-refractivity contribution in [3.63, 3.8) is 0 Å². The van der Waals surface area contributed by atoms with Crippen molar-refractivity contribution in [2.75, 3.05) is 13.1 Å². The summed E-state index contributed by atoms with van der Waals surface area (Å²) in [6.45, 7) is 0.416. The fourth-order valence-electron chi connectivity index (χ4n) is 3.47. The zero-order chi connectivity index (χ0) is 19.8. The molecule has 1 amide bonds. The summed E-state index contributed by atoms with van der Waals surface area (Å²) in [7, 11) is 0. The third-order valence-electron chi connectivity index (χ3n) is 4.87. The molecule has 2 aromatic carbocycles. The zero-order valence-corrected chi connectivity index (χ0v) is 14.6. The number of likely N-dealkylation sites (tertiary alicyclic amines) is 1. The highest BCUT2D eigenvalue weighted by atomic mass is 19.1. The predicted molar refractivity (Wildman–Crippen MR) is 94.8 cm³/mol. The molecular formula is C20H16F3N3O2. The molecule has 5 nitrogen and oxygen atoms in total. The fourth-order valence-corrected chi connectivity index (χ4v) is 3.47. The molecule has 144 valence electrons. The number of nitrogens with zero attached hydrogens (tertiary/aromatic N) is 3. The molecule has 0 saturated carbocycles. The van der Waals surface area contributed by atoms with Crippen molar-refractivity contribution in [1.29, 1.82) is 0 Å². The Morgan fingerprint density at radius 2 is 1.75 bits per heavy atom. The van der Waals surface area contributed by atoms with E-state index in [4.69, 9.17) is 0 Å². The highest BCUT2D eigenvalue weighted by Gasteiger charge is 2.33. The highest BCUT2D eigenvalue weighted by Crippen LogP contribution is 2.32. The summed E-state index contributed by atoms with van der Waals surface area (Å²) in [5.41, 5.74) is 0.279. The van der Waals surface area contributed by atoms with Crippen LogP contribution in [-0.4, -0.2) is 38.8 Å². The Morgan fingerprint density at radius 1 is 1.07 bits per heavy atom. The van der Waals surface area contributed by atoms with E-state index in [2.05, 4.69) is 5.10 Å². The minimum Gasteiger partial charge on any atom is -0.504 e. The molecule has 1 N–H and O–H groups in total. The van der Waals surface area contributed by atoms with E-state index in [1.54, 1.807) is 0 Å². The van der Waals surface area contributed by atoms with E-state index in [9.17, 15) is 23.1 Å². The number of aromatic nitrogens is 2. The van der Waals surface area contributed by atoms with Gasteiger partial charge in [0, 0.05) is 24.6 Å². The molecule has 0 radical (unpaired) electrons. The quantitative estimate of drug-likeness (QED) is 0.747. The molecular weight excluding hydrogens is 371 g/mol. The predicted octanol–water partition coefficient (Wildman–Crippen LogP) is 3.62. The maximum Gasteiger partial charge on any atom is 0.278 e. The molecule has 0 spiro atoms. The second-order valence-electron chi connectivity index (χ2n) is 6.66. The summed E-state index contributed by atoms with van der Waals surface area (Å²) in [4.78, 5) is 14.2. The Labute approximate surface area is 158 Å². The molecule has 0 bridgehead atoms. The molecule has 0 unspecified atom stereocenters. The number of halogens is 3. The van der Waals surface area contributed by atoms with E-state index in [-0.39, 0.29) is 23.6 Å². The summed E-state index contributed by atoms with van der Waals surface area (Å²) < 4.78 is 42.4. The minimum atomic E-state index is -0.636. The van der Waals surface area contributed by atoms with Crippen LogP contribution < -0.4 is 0 Å². The molecule has 1 saturated heterocycles. The number of benzene rings is 2. The summed E-state index contributed by atoms with van der Waals surface area (Å²) in [5, 5.41) is 14.2. The van der Waals surface area contributed by atoms with Gasteiger partial charge in [-0.1, -0.05) is 6.07 Å². The van der Waals surface area contributed by atoms with Crippen molar-refractivity contribution in [2.45, 2.75) is 12.3 Å². The first-order valence-corrected chi connectivity index (χ1v) is 8.72. The molecule has 3 aromatic rings. The van der Waals surface area contributed by atoms with Crippen molar-refractivity contribution in [3.05, 3.63) is 77.4 Å². The van der Waals surface area contributed by atoms with Crippen LogP contribution in [-0.2, 0) is 0 Å². The number of hydrogen-bond acceptors (Lipinski definition) is 3. The lowest BCUT2D eigenvalue weighted by Gasteiger charge is -2.16. The average Bonchev–Trinajstić information content (AvgIpc) is 3.29. The second-order valence-corrected chi connectivity index (χ2v) is 6.66. The van der Waals surface area contributed by atoms with Gasteiger partial charge in [-0.3, -0.25) is 4.79 Å². The van der Waals surface area contributed by atoms with Gasteiger partial charge in [0.1, 0.15) is 17.5 Å². The van der Waals surface area contributed by atoms with Gasteiger partial charge in [0.2, 0.25) is 0 Å². The number of carbonyl (C=O) groups is 1. The molecule has 1 atom stereocenters. The minimum absolute atomic E-state index is 0.0288. The van der Waals surface area contributed by atoms with Gasteiger partial charge in [-0.25, -0.2) is 17.9 Å². The lowest BCUT2D eigenvalue weighted by molar-refractivity contribution is 0.0781. The van der Waals surface area contributed by atoms with E-state index in [1.807, 2.05) is 0 Å². The van der Waals surface area contributed by atoms with Crippen LogP contribution in [0.1, 0.15) is 28.4 Å². The van der Waals surface area contributed by atoms with Gasteiger partial charge >= 0.3 is 0 Å². The summed E-state index contributed by atoms with van der Waals surface area (Å²) in [6, 6.07) is 9.09. The van der Waals surface area contributed by atoms with Crippen molar-refractivity contribution in [2.24, 2.45) is 0 Å². The fraction of sp³-hybridized carbons (Fsp3) is 0.200. The van der Waals surface area contributed by atoms with E-state index >= 15 is 0 Å². The topological polar surface area (TPSA) is 58.4 Å². The molecule has 8 heteroatoms. The van der Waals surface area contributed by atoms with Gasteiger partial charge in [0.05, 0.1) is 11.9 Å². The number of hydrogen-bond donors (Lipinski definition) is 1. The normalized spacial score (nSPS) is 16.5. The smallest absolute Gasteiger partial charge is 0.278 e. The maximum atomic E-state index is 14.0. The SMILES string of the molecule is O=C(c1nn(-c2ccc(F)cc2)cc1O)N1CC[C@H](c2c(F)cccc2F)C1. The number of amides is 1. The molecule has 0 aliphatic carbocycles. The van der Waals surface area contributed by atoms with Crippen molar-refractivity contribution in [3.8, 4) is 11.4 Å². The molecule has 1 aliphatic heterocycles. The second kappa shape index (κ2) is 7.03. The van der Waals surface area contributed by atoms with E-state index < -0.39 is 29.3 Å².